The number of aromatic nitrogens is 3. The SMILES string of the molecule is C=CC(=O)N1CCN(c2nc(O[C@H]3CCC[C@@H]3N3CCC(COCC(=O)N[C@H](C(=O)N4C[C@H](O)C[C@H]4C(=O)N[C@@H](C)c4ccc(-c5scnc5C)cc4)C(C)(C)C)CC3)nc3c(F)c(-c4cc(O)cc5ccccc45)c(Cl)cc23)C[C@@H]1CC#N. The van der Waals surface area contributed by atoms with E-state index in [2.05, 4.69) is 33.2 Å². The molecule has 21 heteroatoms. The van der Waals surface area contributed by atoms with Crippen LogP contribution in [0.4, 0.5) is 10.2 Å². The fraction of sp³-hybridized carbons (Fsp3) is 0.460. The summed E-state index contributed by atoms with van der Waals surface area (Å²) in [6.07, 6.45) is 4.16. The van der Waals surface area contributed by atoms with Crippen molar-refractivity contribution in [3.8, 4) is 39.4 Å². The minimum atomic E-state index is -1.00. The summed E-state index contributed by atoms with van der Waals surface area (Å²) >= 11 is 8.59. The maximum atomic E-state index is 17.5. The topological polar surface area (TPSA) is 227 Å². The van der Waals surface area contributed by atoms with E-state index in [0.717, 1.165) is 60.5 Å². The van der Waals surface area contributed by atoms with Gasteiger partial charge in [0.05, 0.1) is 58.4 Å². The summed E-state index contributed by atoms with van der Waals surface area (Å²) in [6.45, 7) is 15.3. The Morgan fingerprint density at radius 3 is 2.45 bits per heavy atom. The van der Waals surface area contributed by atoms with Crippen molar-refractivity contribution in [2.75, 3.05) is 57.4 Å². The molecule has 10 rings (SSSR count). The highest BCUT2D eigenvalue weighted by Gasteiger charge is 2.45. The highest BCUT2D eigenvalue weighted by atomic mass is 35.5. The van der Waals surface area contributed by atoms with Crippen LogP contribution in [-0.2, 0) is 23.9 Å². The molecule has 4 fully saturated rings. The number of nitriles is 1. The zero-order chi connectivity index (χ0) is 59.6. The van der Waals surface area contributed by atoms with E-state index in [0.29, 0.717) is 47.1 Å². The van der Waals surface area contributed by atoms with E-state index in [-0.39, 0.29) is 103 Å². The molecule has 4 aliphatic rings. The van der Waals surface area contributed by atoms with Gasteiger partial charge in [0.15, 0.2) is 5.82 Å². The number of phenolic OH excluding ortho intramolecular Hbond substituents is 1. The number of hydrogen-bond donors (Lipinski definition) is 4. The van der Waals surface area contributed by atoms with E-state index < -0.39 is 47.3 Å². The number of carbonyl (C=O) groups is 4. The third-order valence-electron chi connectivity index (χ3n) is 17.0. The molecule has 442 valence electrons. The Hall–Kier alpha value is -7.28. The lowest BCUT2D eigenvalue weighted by molar-refractivity contribution is -0.144. The van der Waals surface area contributed by atoms with Gasteiger partial charge < -0.3 is 45.0 Å². The van der Waals surface area contributed by atoms with Crippen LogP contribution >= 0.6 is 22.9 Å². The van der Waals surface area contributed by atoms with Crippen LogP contribution < -0.4 is 20.3 Å². The summed E-state index contributed by atoms with van der Waals surface area (Å²) < 4.78 is 30.3. The van der Waals surface area contributed by atoms with Gasteiger partial charge in [-0.05, 0) is 122 Å². The number of benzene rings is 4. The summed E-state index contributed by atoms with van der Waals surface area (Å²) in [7, 11) is 0. The Morgan fingerprint density at radius 1 is 0.976 bits per heavy atom. The number of aromatic hydroxyl groups is 1. The van der Waals surface area contributed by atoms with Crippen molar-refractivity contribution < 1.29 is 43.3 Å². The minimum absolute atomic E-state index is 0.00687. The molecule has 3 aliphatic heterocycles. The summed E-state index contributed by atoms with van der Waals surface area (Å²) in [5.74, 6) is -1.85. The van der Waals surface area contributed by atoms with E-state index in [9.17, 15) is 34.7 Å². The molecular weight excluding hydrogens is 1110 g/mol. The first kappa shape index (κ1) is 59.9. The Labute approximate surface area is 497 Å². The van der Waals surface area contributed by atoms with E-state index in [1.165, 1.54) is 17.0 Å². The Balaban J connectivity index is 0.774. The van der Waals surface area contributed by atoms with Gasteiger partial charge in [-0.2, -0.15) is 15.2 Å². The third kappa shape index (κ3) is 12.9. The van der Waals surface area contributed by atoms with Gasteiger partial charge in [-0.25, -0.2) is 9.37 Å². The van der Waals surface area contributed by atoms with Crippen molar-refractivity contribution in [1.82, 2.24) is 40.3 Å². The first-order valence-corrected chi connectivity index (χ1v) is 30.1. The van der Waals surface area contributed by atoms with Crippen LogP contribution in [0.3, 0.4) is 0 Å². The van der Waals surface area contributed by atoms with E-state index in [1.54, 1.807) is 28.4 Å². The molecule has 5 heterocycles. The Morgan fingerprint density at radius 2 is 1.74 bits per heavy atom. The molecule has 0 spiro atoms. The van der Waals surface area contributed by atoms with Crippen molar-refractivity contribution in [2.24, 2.45) is 11.3 Å². The van der Waals surface area contributed by atoms with Crippen molar-refractivity contribution in [3.05, 3.63) is 107 Å². The van der Waals surface area contributed by atoms with Gasteiger partial charge in [0.2, 0.25) is 23.6 Å². The molecule has 1 aliphatic carbocycles. The number of amides is 4. The second-order valence-corrected chi connectivity index (χ2v) is 25.0. The number of likely N-dealkylation sites (tertiary alicyclic amines) is 2. The smallest absolute Gasteiger partial charge is 0.319 e. The van der Waals surface area contributed by atoms with Crippen molar-refractivity contribution in [1.29, 1.82) is 5.26 Å². The summed E-state index contributed by atoms with van der Waals surface area (Å²) in [5, 5.41) is 39.1. The first-order chi connectivity index (χ1) is 40.3. The zero-order valence-electron chi connectivity index (χ0n) is 48.0. The number of fused-ring (bicyclic) bond motifs is 2. The molecule has 7 atom stereocenters. The first-order valence-electron chi connectivity index (χ1n) is 28.8. The van der Waals surface area contributed by atoms with Crippen LogP contribution in [0, 0.1) is 35.4 Å². The number of halogens is 2. The van der Waals surface area contributed by atoms with Crippen LogP contribution in [0.5, 0.6) is 11.8 Å². The number of piperidine rings is 1. The number of β-amino-alcohol motifs (C(OH)–C–C–N with tert-alkyl or cyclic N) is 1. The minimum Gasteiger partial charge on any atom is -0.508 e. The molecule has 84 heavy (non-hydrogen) atoms. The van der Waals surface area contributed by atoms with Gasteiger partial charge >= 0.3 is 6.01 Å². The Kier molecular flexibility index (Phi) is 18.2. The van der Waals surface area contributed by atoms with Gasteiger partial charge in [-0.1, -0.05) is 87.5 Å². The number of ether oxygens (including phenoxy) is 2. The molecule has 18 nitrogen and oxygen atoms in total. The standard InChI is InChI=1S/C63H72ClFN10O8S/c1-7-53(79)74-26-25-73(31-42(74)19-22-66)59-47-30-48(64)54(46-28-43(76)27-41-11-8-9-12-45(41)46)55(65)56(47)70-62(71-59)83-51-14-10-13-49(51)72-23-20-38(21-24-72)33-82-34-52(78)69-58(63(4,5)6)61(81)75-32-44(77)29-50(75)60(80)68-36(2)39-15-17-40(18-16-39)57-37(3)67-35-84-57/h7-9,11-12,15-18,27-28,30,35-36,38,42,44,49-51,58,76-77H,1,10,13-14,19-21,23-26,29,31-34H2,2-6H3,(H,68,80)(H,69,78)/t36-,42-,44+,49-,50-,51-,58+/m0/s1. The maximum Gasteiger partial charge on any atom is 0.319 e. The molecular formula is C63H72ClFN10O8S. The number of nitrogens with one attached hydrogen (secondary N) is 2. The number of rotatable bonds is 17. The number of carbonyl (C=O) groups excluding carboxylic acids is 4. The summed E-state index contributed by atoms with van der Waals surface area (Å²) in [4.78, 5) is 77.2. The number of phenols is 1. The molecule has 3 saturated heterocycles. The molecule has 4 amide bonds. The molecule has 1 saturated carbocycles. The van der Waals surface area contributed by atoms with Crippen molar-refractivity contribution in [2.45, 2.75) is 122 Å². The largest absolute Gasteiger partial charge is 0.508 e. The van der Waals surface area contributed by atoms with Gasteiger partial charge in [-0.3, -0.25) is 24.1 Å². The predicted molar refractivity (Wildman–Crippen MR) is 321 cm³/mol. The predicted octanol–water partition coefficient (Wildman–Crippen LogP) is 8.90. The van der Waals surface area contributed by atoms with Crippen LogP contribution in [0.1, 0.15) is 89.9 Å². The van der Waals surface area contributed by atoms with E-state index in [4.69, 9.17) is 31.0 Å². The molecule has 6 aromatic rings. The molecule has 0 bridgehead atoms. The van der Waals surface area contributed by atoms with E-state index >= 15 is 4.39 Å². The number of nitrogens with zero attached hydrogens (tertiary/aromatic N) is 8. The number of aliphatic hydroxyl groups excluding tert-OH is 1. The highest BCUT2D eigenvalue weighted by molar-refractivity contribution is 7.13. The van der Waals surface area contributed by atoms with Crippen LogP contribution in [-0.4, -0.2) is 152 Å². The fourth-order valence-corrected chi connectivity index (χ4v) is 13.6. The number of hydrogen-bond acceptors (Lipinski definition) is 15. The Bertz CT molecular complexity index is 3490. The molecule has 4 N–H and O–H groups in total. The zero-order valence-corrected chi connectivity index (χ0v) is 49.6. The average Bonchev–Trinajstić information content (AvgIpc) is 1.88. The second-order valence-electron chi connectivity index (χ2n) is 23.7. The third-order valence-corrected chi connectivity index (χ3v) is 18.2. The maximum absolute atomic E-state index is 17.5. The van der Waals surface area contributed by atoms with Gasteiger partial charge in [-0.15, -0.1) is 11.3 Å². The quantitative estimate of drug-likeness (QED) is 0.0626. The molecule has 0 radical (unpaired) electrons. The lowest BCUT2D eigenvalue weighted by atomic mass is 9.85. The lowest BCUT2D eigenvalue weighted by Gasteiger charge is -2.41. The number of piperazine rings is 1. The lowest BCUT2D eigenvalue weighted by Crippen LogP contribution is -2.58. The summed E-state index contributed by atoms with van der Waals surface area (Å²) in [5.41, 5.74) is 4.37. The molecule has 4 aromatic carbocycles. The van der Waals surface area contributed by atoms with Crippen LogP contribution in [0.25, 0.3) is 43.2 Å². The summed E-state index contributed by atoms with van der Waals surface area (Å²) in [6, 6.07) is 19.4. The second kappa shape index (κ2) is 25.5. The van der Waals surface area contributed by atoms with Crippen LogP contribution in [0.2, 0.25) is 5.02 Å². The van der Waals surface area contributed by atoms with Gasteiger partial charge in [0.1, 0.15) is 41.9 Å². The van der Waals surface area contributed by atoms with Crippen LogP contribution in [0.15, 0.2) is 84.9 Å². The molecule has 0 unspecified atom stereocenters. The number of thiazole rings is 1. The number of aryl methyl sites for hydroxylation is 1. The number of anilines is 1. The van der Waals surface area contributed by atoms with Gasteiger partial charge in [0, 0.05) is 49.6 Å². The fourth-order valence-electron chi connectivity index (χ4n) is 12.5. The number of aliphatic hydroxyl groups is 1. The van der Waals surface area contributed by atoms with E-state index in [1.807, 2.05) is 93.6 Å². The normalized spacial score (nSPS) is 21.3. The van der Waals surface area contributed by atoms with Crippen molar-refractivity contribution in [3.63, 3.8) is 0 Å². The highest BCUT2D eigenvalue weighted by Crippen LogP contribution is 2.44. The van der Waals surface area contributed by atoms with Gasteiger partial charge in [0.25, 0.3) is 0 Å². The van der Waals surface area contributed by atoms with Crippen molar-refractivity contribution >= 4 is 74.1 Å². The molecule has 2 aromatic heterocycles. The monoisotopic (exact) mass is 1180 g/mol. The average molecular weight is 1180 g/mol.